The first-order valence-electron chi connectivity index (χ1n) is 8.35. The van der Waals surface area contributed by atoms with E-state index < -0.39 is 0 Å². The largest absolute Gasteiger partial charge is 0.305 e. The minimum Gasteiger partial charge on any atom is -0.305 e. The van der Waals surface area contributed by atoms with Crippen LogP contribution >= 0.6 is 0 Å². The van der Waals surface area contributed by atoms with Gasteiger partial charge in [0.2, 0.25) is 11.8 Å². The van der Waals surface area contributed by atoms with Gasteiger partial charge in [-0.25, -0.2) is 0 Å². The molecule has 2 aliphatic carbocycles. The van der Waals surface area contributed by atoms with E-state index in [1.807, 2.05) is 0 Å². The van der Waals surface area contributed by atoms with Gasteiger partial charge in [0.05, 0.1) is 12.5 Å². The third-order valence-corrected chi connectivity index (χ3v) is 5.25. The summed E-state index contributed by atoms with van der Waals surface area (Å²) < 4.78 is 0. The second-order valence-corrected chi connectivity index (χ2v) is 6.71. The summed E-state index contributed by atoms with van der Waals surface area (Å²) >= 11 is 0. The molecular formula is C16H26N2O2. The normalized spacial score (nSPS) is 29.6. The number of hydrogen-bond donors (Lipinski definition) is 1. The second-order valence-electron chi connectivity index (χ2n) is 6.71. The molecule has 1 atom stereocenters. The lowest BCUT2D eigenvalue weighted by Gasteiger charge is -2.29. The molecular weight excluding hydrogens is 252 g/mol. The van der Waals surface area contributed by atoms with Crippen LogP contribution in [0, 0.1) is 5.92 Å². The Morgan fingerprint density at radius 3 is 2.30 bits per heavy atom. The minimum atomic E-state index is -0.245. The molecule has 3 aliphatic rings. The summed E-state index contributed by atoms with van der Waals surface area (Å²) in [7, 11) is 0. The third-order valence-electron chi connectivity index (χ3n) is 5.25. The standard InChI is InChI=1S/C16H26N2O2/c19-15-10-14(17-11-12-6-4-5-7-12)16(20)18(15)13-8-2-1-3-9-13/h12-14,17H,1-11H2. The Labute approximate surface area is 121 Å². The number of amides is 2. The second kappa shape index (κ2) is 6.25. The van der Waals surface area contributed by atoms with Gasteiger partial charge in [0.25, 0.3) is 0 Å². The van der Waals surface area contributed by atoms with Crippen molar-refractivity contribution in [2.45, 2.75) is 76.3 Å². The van der Waals surface area contributed by atoms with Gasteiger partial charge in [-0.2, -0.15) is 0 Å². The van der Waals surface area contributed by atoms with Crippen molar-refractivity contribution in [3.8, 4) is 0 Å². The topological polar surface area (TPSA) is 49.4 Å². The van der Waals surface area contributed by atoms with E-state index in [0.29, 0.717) is 12.3 Å². The molecule has 112 valence electrons. The molecule has 0 aromatic rings. The summed E-state index contributed by atoms with van der Waals surface area (Å²) in [4.78, 5) is 26.2. The van der Waals surface area contributed by atoms with Crippen molar-refractivity contribution in [1.82, 2.24) is 10.2 Å². The fourth-order valence-electron chi connectivity index (χ4n) is 4.06. The molecule has 3 rings (SSSR count). The molecule has 0 radical (unpaired) electrons. The summed E-state index contributed by atoms with van der Waals surface area (Å²) in [5.74, 6) is 0.798. The minimum absolute atomic E-state index is 0.0416. The van der Waals surface area contributed by atoms with Crippen molar-refractivity contribution in [3.63, 3.8) is 0 Å². The van der Waals surface area contributed by atoms with Crippen molar-refractivity contribution < 1.29 is 9.59 Å². The monoisotopic (exact) mass is 278 g/mol. The Balaban J connectivity index is 1.55. The molecule has 1 unspecified atom stereocenters. The van der Waals surface area contributed by atoms with E-state index in [4.69, 9.17) is 0 Å². The highest BCUT2D eigenvalue weighted by Crippen LogP contribution is 2.28. The summed E-state index contributed by atoms with van der Waals surface area (Å²) in [6.45, 7) is 0.905. The number of carbonyl (C=O) groups is 2. The number of imide groups is 1. The zero-order chi connectivity index (χ0) is 13.9. The number of carbonyl (C=O) groups excluding carboxylic acids is 2. The molecule has 2 amide bonds. The Morgan fingerprint density at radius 2 is 1.60 bits per heavy atom. The smallest absolute Gasteiger partial charge is 0.247 e. The molecule has 0 aromatic heterocycles. The lowest BCUT2D eigenvalue weighted by molar-refractivity contribution is -0.142. The van der Waals surface area contributed by atoms with Crippen molar-refractivity contribution in [1.29, 1.82) is 0 Å². The van der Waals surface area contributed by atoms with E-state index in [2.05, 4.69) is 5.32 Å². The summed E-state index contributed by atoms with van der Waals surface area (Å²) in [5, 5.41) is 3.36. The molecule has 1 N–H and O–H groups in total. The lowest BCUT2D eigenvalue weighted by atomic mass is 9.94. The van der Waals surface area contributed by atoms with Gasteiger partial charge in [-0.15, -0.1) is 0 Å². The fraction of sp³-hybridized carbons (Fsp3) is 0.875. The zero-order valence-electron chi connectivity index (χ0n) is 12.3. The maximum Gasteiger partial charge on any atom is 0.247 e. The zero-order valence-corrected chi connectivity index (χ0v) is 12.3. The van der Waals surface area contributed by atoms with Gasteiger partial charge in [0, 0.05) is 6.04 Å². The molecule has 2 saturated carbocycles. The predicted molar refractivity (Wildman–Crippen MR) is 77.1 cm³/mol. The first-order valence-corrected chi connectivity index (χ1v) is 8.35. The molecule has 20 heavy (non-hydrogen) atoms. The van der Waals surface area contributed by atoms with E-state index in [1.54, 1.807) is 4.90 Å². The van der Waals surface area contributed by atoms with Crippen LogP contribution in [0.5, 0.6) is 0 Å². The van der Waals surface area contributed by atoms with Crippen molar-refractivity contribution in [3.05, 3.63) is 0 Å². The number of hydrogen-bond acceptors (Lipinski definition) is 3. The van der Waals surface area contributed by atoms with Crippen LogP contribution < -0.4 is 5.32 Å². The molecule has 1 heterocycles. The number of likely N-dealkylation sites (tertiary alicyclic amines) is 1. The van der Waals surface area contributed by atoms with Crippen LogP contribution in [0.4, 0.5) is 0 Å². The van der Waals surface area contributed by atoms with Gasteiger partial charge in [-0.3, -0.25) is 14.5 Å². The van der Waals surface area contributed by atoms with Crippen LogP contribution in [0.15, 0.2) is 0 Å². The van der Waals surface area contributed by atoms with Crippen LogP contribution in [-0.2, 0) is 9.59 Å². The fourth-order valence-corrected chi connectivity index (χ4v) is 4.06. The van der Waals surface area contributed by atoms with Crippen molar-refractivity contribution >= 4 is 11.8 Å². The van der Waals surface area contributed by atoms with Gasteiger partial charge in [0.1, 0.15) is 0 Å². The molecule has 4 nitrogen and oxygen atoms in total. The number of rotatable bonds is 4. The van der Waals surface area contributed by atoms with E-state index in [1.165, 1.54) is 32.1 Å². The lowest BCUT2D eigenvalue weighted by Crippen LogP contribution is -2.45. The van der Waals surface area contributed by atoms with Crippen LogP contribution in [0.3, 0.4) is 0 Å². The van der Waals surface area contributed by atoms with E-state index in [0.717, 1.165) is 32.2 Å². The average molecular weight is 278 g/mol. The van der Waals surface area contributed by atoms with E-state index in [-0.39, 0.29) is 23.9 Å². The first-order chi connectivity index (χ1) is 9.75. The molecule has 0 spiro atoms. The highest BCUT2D eigenvalue weighted by Gasteiger charge is 2.42. The van der Waals surface area contributed by atoms with Crippen LogP contribution in [0.25, 0.3) is 0 Å². The summed E-state index contributed by atoms with van der Waals surface area (Å²) in [6, 6.07) is -0.0629. The molecule has 3 fully saturated rings. The van der Waals surface area contributed by atoms with Gasteiger partial charge in [0.15, 0.2) is 0 Å². The average Bonchev–Trinajstić information content (AvgIpc) is 3.06. The first kappa shape index (κ1) is 14.1. The van der Waals surface area contributed by atoms with Crippen molar-refractivity contribution in [2.75, 3.05) is 6.54 Å². The Kier molecular flexibility index (Phi) is 4.39. The van der Waals surface area contributed by atoms with Gasteiger partial charge in [-0.1, -0.05) is 32.1 Å². The highest BCUT2D eigenvalue weighted by molar-refractivity contribution is 6.05. The molecule has 0 aromatic carbocycles. The highest BCUT2D eigenvalue weighted by atomic mass is 16.2. The Hall–Kier alpha value is -0.900. The molecule has 0 bridgehead atoms. The van der Waals surface area contributed by atoms with Crippen LogP contribution in [-0.4, -0.2) is 35.3 Å². The summed E-state index contributed by atoms with van der Waals surface area (Å²) in [6.07, 6.45) is 11.1. The molecule has 1 aliphatic heterocycles. The molecule has 4 heteroatoms. The van der Waals surface area contributed by atoms with Crippen molar-refractivity contribution in [2.24, 2.45) is 5.92 Å². The number of nitrogens with zero attached hydrogens (tertiary/aromatic N) is 1. The SMILES string of the molecule is O=C1CC(NCC2CCCC2)C(=O)N1C1CCCCC1. The van der Waals surface area contributed by atoms with E-state index >= 15 is 0 Å². The predicted octanol–water partition coefficient (Wildman–Crippen LogP) is 2.23. The van der Waals surface area contributed by atoms with Gasteiger partial charge >= 0.3 is 0 Å². The van der Waals surface area contributed by atoms with Gasteiger partial charge in [-0.05, 0) is 38.1 Å². The molecule has 1 saturated heterocycles. The van der Waals surface area contributed by atoms with E-state index in [9.17, 15) is 9.59 Å². The van der Waals surface area contributed by atoms with Gasteiger partial charge < -0.3 is 5.32 Å². The third kappa shape index (κ3) is 2.90. The van der Waals surface area contributed by atoms with Crippen LogP contribution in [0.2, 0.25) is 0 Å². The summed E-state index contributed by atoms with van der Waals surface area (Å²) in [5.41, 5.74) is 0. The Morgan fingerprint density at radius 1 is 0.950 bits per heavy atom. The maximum absolute atomic E-state index is 12.5. The maximum atomic E-state index is 12.5. The van der Waals surface area contributed by atoms with Crippen LogP contribution in [0.1, 0.15) is 64.2 Å². The number of nitrogens with one attached hydrogen (secondary N) is 1. The quantitative estimate of drug-likeness (QED) is 0.802. The Bertz CT molecular complexity index is 371.